The van der Waals surface area contributed by atoms with Crippen molar-refractivity contribution in [2.45, 2.75) is 49.6 Å². The van der Waals surface area contributed by atoms with Gasteiger partial charge in [0.25, 0.3) is 0 Å². The lowest BCUT2D eigenvalue weighted by molar-refractivity contribution is -0.143. The molecule has 1 saturated carbocycles. The van der Waals surface area contributed by atoms with Crippen LogP contribution in [0.25, 0.3) is 11.1 Å². The van der Waals surface area contributed by atoms with E-state index < -0.39 is 29.6 Å². The SMILES string of the molecule is O=C(NC1(C(=O)N[C@H]2CCC[C@H]2C(=O)O)CCOCC1)OCC1c2ccccc2-c2ccccc21. The number of aliphatic carboxylic acids is 1. The van der Waals surface area contributed by atoms with Gasteiger partial charge in [0.2, 0.25) is 5.91 Å². The fourth-order valence-corrected chi connectivity index (χ4v) is 5.69. The molecule has 35 heavy (non-hydrogen) atoms. The summed E-state index contributed by atoms with van der Waals surface area (Å²) in [4.78, 5) is 37.9. The molecule has 8 nitrogen and oxygen atoms in total. The minimum absolute atomic E-state index is 0.0811. The van der Waals surface area contributed by atoms with E-state index in [1.165, 1.54) is 0 Å². The number of amides is 2. The maximum atomic E-state index is 13.3. The molecule has 3 N–H and O–H groups in total. The first kappa shape index (κ1) is 23.4. The third kappa shape index (κ3) is 4.50. The topological polar surface area (TPSA) is 114 Å². The lowest BCUT2D eigenvalue weighted by Crippen LogP contribution is -2.63. The largest absolute Gasteiger partial charge is 0.481 e. The number of alkyl carbamates (subject to hydrolysis) is 1. The molecule has 2 fully saturated rings. The van der Waals surface area contributed by atoms with Crippen LogP contribution in [0.2, 0.25) is 0 Å². The molecule has 0 radical (unpaired) electrons. The van der Waals surface area contributed by atoms with Crippen molar-refractivity contribution >= 4 is 18.0 Å². The van der Waals surface area contributed by atoms with E-state index in [2.05, 4.69) is 34.9 Å². The van der Waals surface area contributed by atoms with Crippen LogP contribution in [0, 0.1) is 5.92 Å². The summed E-state index contributed by atoms with van der Waals surface area (Å²) in [6.07, 6.45) is 1.83. The van der Waals surface area contributed by atoms with Gasteiger partial charge in [0.15, 0.2) is 0 Å². The molecule has 3 aliphatic rings. The lowest BCUT2D eigenvalue weighted by Gasteiger charge is -2.37. The van der Waals surface area contributed by atoms with Gasteiger partial charge < -0.3 is 25.2 Å². The van der Waals surface area contributed by atoms with E-state index >= 15 is 0 Å². The van der Waals surface area contributed by atoms with Gasteiger partial charge in [-0.3, -0.25) is 9.59 Å². The second-order valence-electron chi connectivity index (χ2n) is 9.60. The van der Waals surface area contributed by atoms with Crippen LogP contribution >= 0.6 is 0 Å². The minimum atomic E-state index is -1.19. The second kappa shape index (κ2) is 9.70. The second-order valence-corrected chi connectivity index (χ2v) is 9.60. The average Bonchev–Trinajstić information content (AvgIpc) is 3.46. The van der Waals surface area contributed by atoms with Gasteiger partial charge in [0.05, 0.1) is 5.92 Å². The third-order valence-electron chi connectivity index (χ3n) is 7.62. The summed E-state index contributed by atoms with van der Waals surface area (Å²) >= 11 is 0. The number of fused-ring (bicyclic) bond motifs is 3. The Kier molecular flexibility index (Phi) is 6.47. The predicted octanol–water partition coefficient (Wildman–Crippen LogP) is 3.44. The van der Waals surface area contributed by atoms with Crippen molar-refractivity contribution in [1.82, 2.24) is 10.6 Å². The molecule has 2 aromatic carbocycles. The zero-order valence-electron chi connectivity index (χ0n) is 19.5. The number of carboxylic acid groups (broad SMARTS) is 1. The first-order valence-electron chi connectivity index (χ1n) is 12.2. The van der Waals surface area contributed by atoms with E-state index in [0.29, 0.717) is 38.9 Å². The van der Waals surface area contributed by atoms with Crippen LogP contribution < -0.4 is 10.6 Å². The normalized spacial score (nSPS) is 22.6. The molecular formula is C27H30N2O6. The monoisotopic (exact) mass is 478 g/mol. The zero-order chi connectivity index (χ0) is 24.4. The maximum absolute atomic E-state index is 13.3. The van der Waals surface area contributed by atoms with Crippen LogP contribution in [-0.2, 0) is 19.1 Å². The molecule has 8 heteroatoms. The molecule has 0 unspecified atom stereocenters. The van der Waals surface area contributed by atoms with Crippen molar-refractivity contribution in [2.24, 2.45) is 5.92 Å². The van der Waals surface area contributed by atoms with Gasteiger partial charge >= 0.3 is 12.1 Å². The third-order valence-corrected chi connectivity index (χ3v) is 7.62. The highest BCUT2D eigenvalue weighted by Crippen LogP contribution is 2.44. The van der Waals surface area contributed by atoms with Crippen LogP contribution in [0.15, 0.2) is 48.5 Å². The van der Waals surface area contributed by atoms with E-state index in [4.69, 9.17) is 9.47 Å². The number of nitrogens with one attached hydrogen (secondary N) is 2. The molecule has 184 valence electrons. The predicted molar refractivity (Wildman–Crippen MR) is 128 cm³/mol. The van der Waals surface area contributed by atoms with Gasteiger partial charge in [0, 0.05) is 38.0 Å². The highest BCUT2D eigenvalue weighted by molar-refractivity contribution is 5.91. The first-order chi connectivity index (χ1) is 17.0. The van der Waals surface area contributed by atoms with Crippen LogP contribution in [0.5, 0.6) is 0 Å². The molecule has 1 saturated heterocycles. The first-order valence-corrected chi connectivity index (χ1v) is 12.2. The number of hydrogen-bond acceptors (Lipinski definition) is 5. The van der Waals surface area contributed by atoms with Gasteiger partial charge in [-0.05, 0) is 35.1 Å². The molecular weight excluding hydrogens is 448 g/mol. The number of carboxylic acids is 1. The van der Waals surface area contributed by atoms with Gasteiger partial charge in [-0.1, -0.05) is 55.0 Å². The Morgan fingerprint density at radius 1 is 0.971 bits per heavy atom. The van der Waals surface area contributed by atoms with Crippen molar-refractivity contribution < 1.29 is 29.0 Å². The fourth-order valence-electron chi connectivity index (χ4n) is 5.69. The molecule has 2 aromatic rings. The summed E-state index contributed by atoms with van der Waals surface area (Å²) in [5.74, 6) is -1.96. The van der Waals surface area contributed by atoms with E-state index in [1.54, 1.807) is 0 Å². The fraction of sp³-hybridized carbons (Fsp3) is 0.444. The highest BCUT2D eigenvalue weighted by Gasteiger charge is 2.45. The number of carbonyl (C=O) groups excluding carboxylic acids is 2. The summed E-state index contributed by atoms with van der Waals surface area (Å²) in [6, 6.07) is 15.8. The van der Waals surface area contributed by atoms with E-state index in [1.807, 2.05) is 24.3 Å². The molecule has 1 aliphatic heterocycles. The molecule has 2 aliphatic carbocycles. The quantitative estimate of drug-likeness (QED) is 0.586. The molecule has 5 rings (SSSR count). The number of carbonyl (C=O) groups is 3. The Labute approximate surface area is 204 Å². The maximum Gasteiger partial charge on any atom is 0.408 e. The Balaban J connectivity index is 1.28. The molecule has 2 amide bonds. The molecule has 0 spiro atoms. The van der Waals surface area contributed by atoms with Gasteiger partial charge in [-0.25, -0.2) is 4.79 Å². The molecule has 2 atom stereocenters. The molecule has 0 aromatic heterocycles. The zero-order valence-corrected chi connectivity index (χ0v) is 19.5. The van der Waals surface area contributed by atoms with Crippen LogP contribution in [0.4, 0.5) is 4.79 Å². The van der Waals surface area contributed by atoms with Crippen molar-refractivity contribution in [3.05, 3.63) is 59.7 Å². The van der Waals surface area contributed by atoms with Gasteiger partial charge in [0.1, 0.15) is 12.1 Å². The smallest absolute Gasteiger partial charge is 0.408 e. The Morgan fingerprint density at radius 2 is 1.60 bits per heavy atom. The highest BCUT2D eigenvalue weighted by atomic mass is 16.5. The minimum Gasteiger partial charge on any atom is -0.481 e. The van der Waals surface area contributed by atoms with Crippen molar-refractivity contribution in [2.75, 3.05) is 19.8 Å². The number of benzene rings is 2. The van der Waals surface area contributed by atoms with Crippen LogP contribution in [0.3, 0.4) is 0 Å². The number of hydrogen-bond donors (Lipinski definition) is 3. The van der Waals surface area contributed by atoms with Gasteiger partial charge in [-0.2, -0.15) is 0 Å². The molecule has 0 bridgehead atoms. The Morgan fingerprint density at radius 3 is 2.23 bits per heavy atom. The van der Waals surface area contributed by atoms with E-state index in [-0.39, 0.29) is 18.4 Å². The van der Waals surface area contributed by atoms with E-state index in [0.717, 1.165) is 28.7 Å². The summed E-state index contributed by atoms with van der Waals surface area (Å²) in [7, 11) is 0. The van der Waals surface area contributed by atoms with Crippen LogP contribution in [0.1, 0.15) is 49.1 Å². The summed E-state index contributed by atoms with van der Waals surface area (Å²) in [5.41, 5.74) is 3.32. The Bertz CT molecular complexity index is 1080. The summed E-state index contributed by atoms with van der Waals surface area (Å²) in [5, 5.41) is 15.2. The number of rotatable bonds is 6. The Hall–Kier alpha value is -3.39. The summed E-state index contributed by atoms with van der Waals surface area (Å²) < 4.78 is 11.1. The van der Waals surface area contributed by atoms with Crippen molar-refractivity contribution in [3.63, 3.8) is 0 Å². The van der Waals surface area contributed by atoms with Crippen molar-refractivity contribution in [3.8, 4) is 11.1 Å². The van der Waals surface area contributed by atoms with Crippen molar-refractivity contribution in [1.29, 1.82) is 0 Å². The molecule has 1 heterocycles. The average molecular weight is 479 g/mol. The van der Waals surface area contributed by atoms with Crippen LogP contribution in [-0.4, -0.2) is 54.5 Å². The number of ether oxygens (including phenoxy) is 2. The standard InChI is InChI=1S/C27H30N2O6/c30-24(31)21-10-5-11-23(21)28-25(32)27(12-14-34-15-13-27)29-26(33)35-16-22-19-8-3-1-6-17(19)18-7-2-4-9-20(18)22/h1-4,6-9,21-23H,5,10-16H2,(H,28,32)(H,29,33)(H,30,31)/t21-,23+/m1/s1. The van der Waals surface area contributed by atoms with Gasteiger partial charge in [-0.15, -0.1) is 0 Å². The van der Waals surface area contributed by atoms with E-state index in [9.17, 15) is 19.5 Å². The summed E-state index contributed by atoms with van der Waals surface area (Å²) in [6.45, 7) is 0.798. The lowest BCUT2D eigenvalue weighted by atomic mass is 9.88.